The molecule has 2 aliphatic rings. The van der Waals surface area contributed by atoms with E-state index in [1.807, 2.05) is 0 Å². The van der Waals surface area contributed by atoms with Crippen LogP contribution in [0.4, 0.5) is 0 Å². The molecule has 0 bridgehead atoms. The SMILES string of the molecule is CC(C)C(C)N1CCC(C2CCCN2)CC1. The molecule has 0 radical (unpaired) electrons. The fourth-order valence-corrected chi connectivity index (χ4v) is 3.26. The van der Waals surface area contributed by atoms with E-state index in [0.717, 1.165) is 23.9 Å². The number of hydrogen-bond donors (Lipinski definition) is 1. The zero-order chi connectivity index (χ0) is 11.5. The first-order valence-electron chi connectivity index (χ1n) is 7.16. The maximum absolute atomic E-state index is 3.67. The first-order chi connectivity index (χ1) is 7.68. The van der Waals surface area contributed by atoms with Gasteiger partial charge in [-0.1, -0.05) is 13.8 Å². The molecule has 0 aromatic rings. The molecular formula is C14H28N2. The third kappa shape index (κ3) is 2.78. The van der Waals surface area contributed by atoms with E-state index in [1.54, 1.807) is 0 Å². The highest BCUT2D eigenvalue weighted by Crippen LogP contribution is 2.27. The van der Waals surface area contributed by atoms with Crippen molar-refractivity contribution in [3.63, 3.8) is 0 Å². The van der Waals surface area contributed by atoms with Crippen molar-refractivity contribution in [1.82, 2.24) is 10.2 Å². The Morgan fingerprint density at radius 3 is 2.25 bits per heavy atom. The van der Waals surface area contributed by atoms with Gasteiger partial charge in [-0.15, -0.1) is 0 Å². The van der Waals surface area contributed by atoms with Crippen LogP contribution in [0.25, 0.3) is 0 Å². The van der Waals surface area contributed by atoms with E-state index in [-0.39, 0.29) is 0 Å². The third-order valence-electron chi connectivity index (χ3n) is 4.78. The van der Waals surface area contributed by atoms with Gasteiger partial charge in [0.25, 0.3) is 0 Å². The van der Waals surface area contributed by atoms with Gasteiger partial charge in [-0.05, 0) is 64.1 Å². The summed E-state index contributed by atoms with van der Waals surface area (Å²) >= 11 is 0. The van der Waals surface area contributed by atoms with Crippen LogP contribution >= 0.6 is 0 Å². The quantitative estimate of drug-likeness (QED) is 0.792. The van der Waals surface area contributed by atoms with E-state index in [0.29, 0.717) is 0 Å². The third-order valence-corrected chi connectivity index (χ3v) is 4.78. The molecular weight excluding hydrogens is 196 g/mol. The molecule has 2 atom stereocenters. The van der Waals surface area contributed by atoms with Crippen LogP contribution < -0.4 is 5.32 Å². The minimum atomic E-state index is 0.762. The van der Waals surface area contributed by atoms with Crippen molar-refractivity contribution in [1.29, 1.82) is 0 Å². The van der Waals surface area contributed by atoms with Crippen molar-refractivity contribution in [2.24, 2.45) is 11.8 Å². The van der Waals surface area contributed by atoms with Crippen molar-refractivity contribution < 1.29 is 0 Å². The van der Waals surface area contributed by atoms with E-state index >= 15 is 0 Å². The summed E-state index contributed by atoms with van der Waals surface area (Å²) in [7, 11) is 0. The Bertz CT molecular complexity index is 191. The Morgan fingerprint density at radius 2 is 1.75 bits per heavy atom. The Kier molecular flexibility index (Phi) is 4.26. The Balaban J connectivity index is 1.77. The summed E-state index contributed by atoms with van der Waals surface area (Å²) in [5.74, 6) is 1.75. The van der Waals surface area contributed by atoms with Crippen LogP contribution in [0.5, 0.6) is 0 Å². The van der Waals surface area contributed by atoms with Gasteiger partial charge in [-0.25, -0.2) is 0 Å². The van der Waals surface area contributed by atoms with Gasteiger partial charge in [-0.2, -0.15) is 0 Å². The predicted molar refractivity (Wildman–Crippen MR) is 69.6 cm³/mol. The standard InChI is InChI=1S/C14H28N2/c1-11(2)12(3)16-9-6-13(7-10-16)14-5-4-8-15-14/h11-15H,4-10H2,1-3H3. The van der Waals surface area contributed by atoms with Crippen LogP contribution in [0, 0.1) is 11.8 Å². The lowest BCUT2D eigenvalue weighted by Gasteiger charge is -2.39. The summed E-state index contributed by atoms with van der Waals surface area (Å²) in [4.78, 5) is 2.69. The minimum absolute atomic E-state index is 0.762. The van der Waals surface area contributed by atoms with Gasteiger partial charge < -0.3 is 10.2 Å². The second kappa shape index (κ2) is 5.50. The summed E-state index contributed by atoms with van der Waals surface area (Å²) in [6, 6.07) is 1.61. The molecule has 2 heterocycles. The minimum Gasteiger partial charge on any atom is -0.314 e. The van der Waals surface area contributed by atoms with E-state index in [2.05, 4.69) is 31.0 Å². The first kappa shape index (κ1) is 12.4. The topological polar surface area (TPSA) is 15.3 Å². The largest absolute Gasteiger partial charge is 0.314 e. The van der Waals surface area contributed by atoms with E-state index in [1.165, 1.54) is 45.3 Å². The van der Waals surface area contributed by atoms with Crippen molar-refractivity contribution in [3.8, 4) is 0 Å². The molecule has 1 N–H and O–H groups in total. The molecule has 2 nitrogen and oxygen atoms in total. The molecule has 2 saturated heterocycles. The molecule has 2 aliphatic heterocycles. The van der Waals surface area contributed by atoms with Crippen LogP contribution in [0.15, 0.2) is 0 Å². The second-order valence-electron chi connectivity index (χ2n) is 6.06. The lowest BCUT2D eigenvalue weighted by atomic mass is 9.87. The van der Waals surface area contributed by atoms with Crippen molar-refractivity contribution in [2.45, 2.75) is 58.5 Å². The summed E-state index contributed by atoms with van der Waals surface area (Å²) in [5.41, 5.74) is 0. The number of nitrogens with zero attached hydrogens (tertiary/aromatic N) is 1. The molecule has 0 saturated carbocycles. The van der Waals surface area contributed by atoms with Gasteiger partial charge in [-0.3, -0.25) is 0 Å². The van der Waals surface area contributed by atoms with Gasteiger partial charge in [0.05, 0.1) is 0 Å². The number of likely N-dealkylation sites (tertiary alicyclic amines) is 1. The highest BCUT2D eigenvalue weighted by Gasteiger charge is 2.30. The normalized spacial score (nSPS) is 31.1. The van der Waals surface area contributed by atoms with E-state index in [4.69, 9.17) is 0 Å². The fraction of sp³-hybridized carbons (Fsp3) is 1.00. The van der Waals surface area contributed by atoms with E-state index in [9.17, 15) is 0 Å². The first-order valence-corrected chi connectivity index (χ1v) is 7.16. The van der Waals surface area contributed by atoms with Gasteiger partial charge in [0.1, 0.15) is 0 Å². The molecule has 2 rings (SSSR count). The van der Waals surface area contributed by atoms with Crippen molar-refractivity contribution in [2.75, 3.05) is 19.6 Å². The molecule has 94 valence electrons. The van der Waals surface area contributed by atoms with Crippen LogP contribution in [0.2, 0.25) is 0 Å². The number of nitrogens with one attached hydrogen (secondary N) is 1. The molecule has 2 fully saturated rings. The second-order valence-corrected chi connectivity index (χ2v) is 6.06. The molecule has 16 heavy (non-hydrogen) atoms. The number of hydrogen-bond acceptors (Lipinski definition) is 2. The molecule has 2 heteroatoms. The maximum atomic E-state index is 3.67. The molecule has 0 aliphatic carbocycles. The predicted octanol–water partition coefficient (Wildman–Crippen LogP) is 2.49. The molecule has 0 aromatic carbocycles. The fourth-order valence-electron chi connectivity index (χ4n) is 3.26. The Labute approximate surface area is 101 Å². The Morgan fingerprint density at radius 1 is 1.06 bits per heavy atom. The summed E-state index contributed by atoms with van der Waals surface area (Å²) in [6.45, 7) is 11.0. The van der Waals surface area contributed by atoms with Crippen molar-refractivity contribution >= 4 is 0 Å². The molecule has 2 unspecified atom stereocenters. The van der Waals surface area contributed by atoms with Crippen LogP contribution in [-0.2, 0) is 0 Å². The monoisotopic (exact) mass is 224 g/mol. The maximum Gasteiger partial charge on any atom is 0.00967 e. The van der Waals surface area contributed by atoms with Gasteiger partial charge in [0, 0.05) is 12.1 Å². The molecule has 0 amide bonds. The van der Waals surface area contributed by atoms with Gasteiger partial charge in [0.15, 0.2) is 0 Å². The lowest BCUT2D eigenvalue weighted by Crippen LogP contribution is -2.45. The zero-order valence-corrected chi connectivity index (χ0v) is 11.2. The van der Waals surface area contributed by atoms with Gasteiger partial charge in [0.2, 0.25) is 0 Å². The lowest BCUT2D eigenvalue weighted by molar-refractivity contribution is 0.104. The van der Waals surface area contributed by atoms with Crippen LogP contribution in [-0.4, -0.2) is 36.6 Å². The van der Waals surface area contributed by atoms with Crippen molar-refractivity contribution in [3.05, 3.63) is 0 Å². The average Bonchev–Trinajstić information content (AvgIpc) is 2.81. The number of piperidine rings is 1. The zero-order valence-electron chi connectivity index (χ0n) is 11.2. The summed E-state index contributed by atoms with van der Waals surface area (Å²) < 4.78 is 0. The average molecular weight is 224 g/mol. The smallest absolute Gasteiger partial charge is 0.00967 e. The Hall–Kier alpha value is -0.0800. The summed E-state index contributed by atoms with van der Waals surface area (Å²) in [5, 5.41) is 3.67. The van der Waals surface area contributed by atoms with Crippen LogP contribution in [0.1, 0.15) is 46.5 Å². The van der Waals surface area contributed by atoms with E-state index < -0.39 is 0 Å². The van der Waals surface area contributed by atoms with Gasteiger partial charge >= 0.3 is 0 Å². The molecule has 0 spiro atoms. The highest BCUT2D eigenvalue weighted by molar-refractivity contribution is 4.86. The highest BCUT2D eigenvalue weighted by atomic mass is 15.2. The number of rotatable bonds is 3. The summed E-state index contributed by atoms with van der Waals surface area (Å²) in [6.07, 6.45) is 5.64. The molecule has 0 aromatic heterocycles. The van der Waals surface area contributed by atoms with Crippen LogP contribution in [0.3, 0.4) is 0 Å².